The van der Waals surface area contributed by atoms with Gasteiger partial charge in [0, 0.05) is 11.8 Å². The summed E-state index contributed by atoms with van der Waals surface area (Å²) in [4.78, 5) is 4.25. The number of hydrogen-bond donors (Lipinski definition) is 2. The standard InChI is InChI=1S/C7H11N5/c1-5(2)6-3-7-9-10-11-12(7)4-8-6/h3-5,10-11H,1-2H3. The molecule has 0 spiro atoms. The number of nitrogens with one attached hydrogen (secondary N) is 2. The Morgan fingerprint density at radius 1 is 1.50 bits per heavy atom. The predicted octanol–water partition coefficient (Wildman–Crippen LogP) is 0.207. The molecule has 0 radical (unpaired) electrons. The zero-order valence-electron chi connectivity index (χ0n) is 7.07. The third kappa shape index (κ3) is 1.08. The molecular weight excluding hydrogens is 154 g/mol. The molecule has 0 aromatic carbocycles. The number of hydrogen-bond acceptors (Lipinski definition) is 5. The van der Waals surface area contributed by atoms with E-state index in [9.17, 15) is 0 Å². The quantitative estimate of drug-likeness (QED) is 0.584. The second-order valence-corrected chi connectivity index (χ2v) is 3.03. The molecule has 2 aliphatic rings. The van der Waals surface area contributed by atoms with E-state index >= 15 is 0 Å². The van der Waals surface area contributed by atoms with Crippen molar-refractivity contribution in [3.8, 4) is 0 Å². The maximum absolute atomic E-state index is 4.25. The van der Waals surface area contributed by atoms with Crippen LogP contribution in [-0.2, 0) is 0 Å². The number of amidine groups is 1. The van der Waals surface area contributed by atoms with Gasteiger partial charge in [-0.15, -0.1) is 10.6 Å². The SMILES string of the molecule is CC(C)C1=CC2=NNNN2C=N1. The topological polar surface area (TPSA) is 52.0 Å². The highest BCUT2D eigenvalue weighted by Crippen LogP contribution is 2.14. The molecule has 0 atom stereocenters. The molecule has 12 heavy (non-hydrogen) atoms. The van der Waals surface area contributed by atoms with Gasteiger partial charge in [-0.3, -0.25) is 0 Å². The van der Waals surface area contributed by atoms with Crippen LogP contribution in [0.5, 0.6) is 0 Å². The van der Waals surface area contributed by atoms with Crippen LogP contribution in [0.25, 0.3) is 0 Å². The molecule has 2 aliphatic heterocycles. The third-order valence-corrected chi connectivity index (χ3v) is 1.78. The Labute approximate surface area is 70.8 Å². The molecule has 0 bridgehead atoms. The summed E-state index contributed by atoms with van der Waals surface area (Å²) < 4.78 is 0. The van der Waals surface area contributed by atoms with Gasteiger partial charge in [-0.05, 0) is 5.92 Å². The Bertz CT molecular complexity index is 276. The number of fused-ring (bicyclic) bond motifs is 1. The minimum Gasteiger partial charge on any atom is -0.241 e. The molecule has 0 aromatic rings. The van der Waals surface area contributed by atoms with Crippen LogP contribution in [0.1, 0.15) is 13.8 Å². The molecule has 0 amide bonds. The van der Waals surface area contributed by atoms with E-state index in [1.165, 1.54) is 0 Å². The lowest BCUT2D eigenvalue weighted by Crippen LogP contribution is -2.40. The molecule has 64 valence electrons. The van der Waals surface area contributed by atoms with Crippen molar-refractivity contribution in [2.24, 2.45) is 16.0 Å². The van der Waals surface area contributed by atoms with Gasteiger partial charge in [0.05, 0.1) is 0 Å². The van der Waals surface area contributed by atoms with Crippen LogP contribution in [0.3, 0.4) is 0 Å². The Morgan fingerprint density at radius 3 is 3.08 bits per heavy atom. The summed E-state index contributed by atoms with van der Waals surface area (Å²) >= 11 is 0. The van der Waals surface area contributed by atoms with E-state index in [1.807, 2.05) is 6.08 Å². The Hall–Kier alpha value is -1.36. The van der Waals surface area contributed by atoms with E-state index in [4.69, 9.17) is 0 Å². The smallest absolute Gasteiger partial charge is 0.173 e. The Balaban J connectivity index is 2.25. The molecule has 5 heteroatoms. The van der Waals surface area contributed by atoms with E-state index < -0.39 is 0 Å². The first-order chi connectivity index (χ1) is 5.77. The molecule has 0 aliphatic carbocycles. The van der Waals surface area contributed by atoms with Crippen LogP contribution >= 0.6 is 0 Å². The van der Waals surface area contributed by atoms with Crippen molar-refractivity contribution in [1.29, 1.82) is 0 Å². The second-order valence-electron chi connectivity index (χ2n) is 3.03. The normalized spacial score (nSPS) is 20.4. The summed E-state index contributed by atoms with van der Waals surface area (Å²) in [6.07, 6.45) is 3.67. The van der Waals surface area contributed by atoms with Gasteiger partial charge in [-0.2, -0.15) is 0 Å². The second kappa shape index (κ2) is 2.60. The molecule has 2 N–H and O–H groups in total. The van der Waals surface area contributed by atoms with Crippen LogP contribution in [0, 0.1) is 5.92 Å². The zero-order chi connectivity index (χ0) is 8.55. The Morgan fingerprint density at radius 2 is 2.33 bits per heavy atom. The molecule has 5 nitrogen and oxygen atoms in total. The summed E-state index contributed by atoms with van der Waals surface area (Å²) in [5, 5.41) is 5.73. The van der Waals surface area contributed by atoms with Crippen molar-refractivity contribution in [2.75, 3.05) is 0 Å². The number of nitrogens with zero attached hydrogens (tertiary/aromatic N) is 3. The van der Waals surface area contributed by atoms with Crippen molar-refractivity contribution in [3.05, 3.63) is 11.8 Å². The van der Waals surface area contributed by atoms with Gasteiger partial charge in [-0.1, -0.05) is 13.8 Å². The van der Waals surface area contributed by atoms with E-state index in [1.54, 1.807) is 11.3 Å². The molecule has 2 rings (SSSR count). The molecule has 0 aromatic heterocycles. The number of rotatable bonds is 1. The van der Waals surface area contributed by atoms with E-state index in [-0.39, 0.29) is 0 Å². The lowest BCUT2D eigenvalue weighted by molar-refractivity contribution is 0.421. The first-order valence-corrected chi connectivity index (χ1v) is 3.91. The van der Waals surface area contributed by atoms with Gasteiger partial charge >= 0.3 is 0 Å². The monoisotopic (exact) mass is 165 g/mol. The first kappa shape index (κ1) is 7.30. The largest absolute Gasteiger partial charge is 0.241 e. The highest BCUT2D eigenvalue weighted by molar-refractivity contribution is 6.02. The maximum Gasteiger partial charge on any atom is 0.173 e. The summed E-state index contributed by atoms with van der Waals surface area (Å²) in [7, 11) is 0. The molecule has 2 heterocycles. The van der Waals surface area contributed by atoms with Crippen LogP contribution in [0.15, 0.2) is 21.9 Å². The molecule has 0 fully saturated rings. The molecule has 0 saturated heterocycles. The van der Waals surface area contributed by atoms with Crippen LogP contribution in [0.4, 0.5) is 0 Å². The number of hydrazone groups is 1. The van der Waals surface area contributed by atoms with Crippen molar-refractivity contribution in [3.63, 3.8) is 0 Å². The summed E-state index contributed by atoms with van der Waals surface area (Å²) in [5.74, 6) is 1.29. The van der Waals surface area contributed by atoms with E-state index in [0.29, 0.717) is 5.92 Å². The first-order valence-electron chi connectivity index (χ1n) is 3.91. The van der Waals surface area contributed by atoms with Crippen molar-refractivity contribution in [2.45, 2.75) is 13.8 Å². The van der Waals surface area contributed by atoms with Crippen LogP contribution in [0.2, 0.25) is 0 Å². The van der Waals surface area contributed by atoms with Gasteiger partial charge in [0.25, 0.3) is 0 Å². The fourth-order valence-electron chi connectivity index (χ4n) is 1.05. The molecule has 0 saturated carbocycles. The number of aliphatic imine (C=N–C) groups is 1. The van der Waals surface area contributed by atoms with E-state index in [2.05, 4.69) is 35.0 Å². The Kier molecular flexibility index (Phi) is 1.58. The minimum atomic E-state index is 0.437. The minimum absolute atomic E-state index is 0.437. The van der Waals surface area contributed by atoms with Gasteiger partial charge in [0.15, 0.2) is 5.84 Å². The van der Waals surface area contributed by atoms with Crippen LogP contribution in [-0.4, -0.2) is 17.2 Å². The van der Waals surface area contributed by atoms with Crippen molar-refractivity contribution < 1.29 is 0 Å². The van der Waals surface area contributed by atoms with Gasteiger partial charge < -0.3 is 0 Å². The van der Waals surface area contributed by atoms with E-state index in [0.717, 1.165) is 11.5 Å². The van der Waals surface area contributed by atoms with Crippen molar-refractivity contribution >= 4 is 12.2 Å². The van der Waals surface area contributed by atoms with Gasteiger partial charge in [-0.25, -0.2) is 15.5 Å². The van der Waals surface area contributed by atoms with Gasteiger partial charge in [0.2, 0.25) is 0 Å². The fraction of sp³-hybridized carbons (Fsp3) is 0.429. The van der Waals surface area contributed by atoms with Gasteiger partial charge in [0.1, 0.15) is 6.34 Å². The highest BCUT2D eigenvalue weighted by Gasteiger charge is 2.18. The van der Waals surface area contributed by atoms with Crippen LogP contribution < -0.4 is 11.1 Å². The molecular formula is C7H11N5. The summed E-state index contributed by atoms with van der Waals surface area (Å²) in [5.41, 5.74) is 6.51. The third-order valence-electron chi connectivity index (χ3n) is 1.78. The summed E-state index contributed by atoms with van der Waals surface area (Å²) in [6.45, 7) is 4.21. The van der Waals surface area contributed by atoms with Crippen molar-refractivity contribution in [1.82, 2.24) is 16.1 Å². The highest BCUT2D eigenvalue weighted by atomic mass is 15.8. The average Bonchev–Trinajstić information content (AvgIpc) is 2.49. The number of allylic oxidation sites excluding steroid dienone is 1. The molecule has 0 unspecified atom stereocenters. The maximum atomic E-state index is 4.25. The lowest BCUT2D eigenvalue weighted by atomic mass is 10.1. The zero-order valence-corrected chi connectivity index (χ0v) is 7.07. The predicted molar refractivity (Wildman–Crippen MR) is 47.0 cm³/mol. The average molecular weight is 165 g/mol. The number of hydrazine groups is 2. The fourth-order valence-corrected chi connectivity index (χ4v) is 1.05. The lowest BCUT2D eigenvalue weighted by Gasteiger charge is -2.17. The summed E-state index contributed by atoms with van der Waals surface area (Å²) in [6, 6.07) is 0.